The van der Waals surface area contributed by atoms with Crippen molar-refractivity contribution in [3.63, 3.8) is 0 Å². The first-order valence-corrected chi connectivity index (χ1v) is 9.05. The number of carbonyl (C=O) groups excluding carboxylic acids is 2. The molecule has 0 fully saturated rings. The normalized spacial score (nSPS) is 12.3. The van der Waals surface area contributed by atoms with Crippen molar-refractivity contribution in [2.75, 3.05) is 40.1 Å². The number of nitrogens with zero attached hydrogens (tertiary/aromatic N) is 1. The van der Waals surface area contributed by atoms with Crippen molar-refractivity contribution in [2.45, 2.75) is 6.54 Å². The van der Waals surface area contributed by atoms with Crippen molar-refractivity contribution >= 4 is 11.9 Å². The van der Waals surface area contributed by atoms with Gasteiger partial charge in [-0.1, -0.05) is 30.3 Å². The minimum Gasteiger partial charge on any atom is -0.486 e. The van der Waals surface area contributed by atoms with Gasteiger partial charge in [0.05, 0.1) is 12.2 Å². The van der Waals surface area contributed by atoms with Crippen molar-refractivity contribution in [1.29, 1.82) is 0 Å². The van der Waals surface area contributed by atoms with E-state index in [1.165, 1.54) is 0 Å². The summed E-state index contributed by atoms with van der Waals surface area (Å²) >= 11 is 0. The van der Waals surface area contributed by atoms with Gasteiger partial charge in [0, 0.05) is 20.2 Å². The molecule has 0 radical (unpaired) electrons. The largest absolute Gasteiger partial charge is 0.486 e. The van der Waals surface area contributed by atoms with Crippen LogP contribution in [0.4, 0.5) is 0 Å². The molecule has 1 amide bonds. The Bertz CT molecular complexity index is 808. The van der Waals surface area contributed by atoms with Crippen LogP contribution in [0, 0.1) is 0 Å². The second-order valence-electron chi connectivity index (χ2n) is 6.23. The fraction of sp³-hybridized carbons (Fsp3) is 0.333. The second-order valence-corrected chi connectivity index (χ2v) is 6.23. The molecule has 7 heteroatoms. The van der Waals surface area contributed by atoms with Gasteiger partial charge in [-0.15, -0.1) is 0 Å². The molecule has 1 aliphatic heterocycles. The third kappa shape index (κ3) is 5.23. The van der Waals surface area contributed by atoms with Gasteiger partial charge in [0.15, 0.2) is 18.1 Å². The predicted molar refractivity (Wildman–Crippen MR) is 101 cm³/mol. The summed E-state index contributed by atoms with van der Waals surface area (Å²) < 4.78 is 21.2. The van der Waals surface area contributed by atoms with Crippen LogP contribution in [0.1, 0.15) is 15.9 Å². The van der Waals surface area contributed by atoms with Gasteiger partial charge in [-0.05, 0) is 23.8 Å². The Morgan fingerprint density at radius 1 is 1.04 bits per heavy atom. The van der Waals surface area contributed by atoms with Crippen molar-refractivity contribution in [3.8, 4) is 11.5 Å². The second kappa shape index (κ2) is 9.75. The molecule has 0 N–H and O–H groups in total. The molecule has 0 bridgehead atoms. The molecule has 0 aromatic heterocycles. The van der Waals surface area contributed by atoms with Crippen LogP contribution in [0.3, 0.4) is 0 Å². The number of methoxy groups -OCH3 is 1. The molecule has 0 aliphatic carbocycles. The van der Waals surface area contributed by atoms with E-state index in [9.17, 15) is 9.59 Å². The first-order valence-electron chi connectivity index (χ1n) is 9.05. The summed E-state index contributed by atoms with van der Waals surface area (Å²) in [5, 5.41) is 0. The zero-order chi connectivity index (χ0) is 19.8. The summed E-state index contributed by atoms with van der Waals surface area (Å²) in [6.07, 6.45) is 0. The van der Waals surface area contributed by atoms with E-state index < -0.39 is 5.97 Å². The Morgan fingerprint density at radius 2 is 1.79 bits per heavy atom. The van der Waals surface area contributed by atoms with Crippen molar-refractivity contribution in [2.24, 2.45) is 0 Å². The van der Waals surface area contributed by atoms with Gasteiger partial charge < -0.3 is 23.8 Å². The maximum atomic E-state index is 12.6. The Kier molecular flexibility index (Phi) is 6.86. The lowest BCUT2D eigenvalue weighted by Crippen LogP contribution is -2.36. The highest BCUT2D eigenvalue weighted by Crippen LogP contribution is 2.30. The van der Waals surface area contributed by atoms with Crippen LogP contribution in [0.15, 0.2) is 48.5 Å². The molecule has 28 heavy (non-hydrogen) atoms. The Labute approximate surface area is 163 Å². The van der Waals surface area contributed by atoms with E-state index in [1.807, 2.05) is 30.3 Å². The van der Waals surface area contributed by atoms with E-state index in [-0.39, 0.29) is 12.5 Å². The molecule has 1 heterocycles. The maximum Gasteiger partial charge on any atom is 0.338 e. The van der Waals surface area contributed by atoms with Gasteiger partial charge in [-0.25, -0.2) is 4.79 Å². The van der Waals surface area contributed by atoms with Gasteiger partial charge in [0.1, 0.15) is 13.2 Å². The van der Waals surface area contributed by atoms with Gasteiger partial charge in [0.2, 0.25) is 0 Å². The van der Waals surface area contributed by atoms with E-state index in [0.717, 1.165) is 5.56 Å². The lowest BCUT2D eigenvalue weighted by Gasteiger charge is -2.22. The van der Waals surface area contributed by atoms with Crippen LogP contribution < -0.4 is 9.47 Å². The molecule has 2 aromatic rings. The number of hydrogen-bond donors (Lipinski definition) is 0. The SMILES string of the molecule is COCCN(Cc1ccccc1)C(=O)COC(=O)c1ccc2c(c1)OCCO2. The Hall–Kier alpha value is -3.06. The first-order chi connectivity index (χ1) is 13.7. The number of amides is 1. The van der Waals surface area contributed by atoms with Crippen molar-refractivity contribution in [1.82, 2.24) is 4.90 Å². The summed E-state index contributed by atoms with van der Waals surface area (Å²) in [4.78, 5) is 26.5. The van der Waals surface area contributed by atoms with Gasteiger partial charge in [0.25, 0.3) is 5.91 Å². The monoisotopic (exact) mass is 385 g/mol. The van der Waals surface area contributed by atoms with Crippen LogP contribution >= 0.6 is 0 Å². The molecule has 1 aliphatic rings. The number of rotatable bonds is 8. The molecular weight excluding hydrogens is 362 g/mol. The highest BCUT2D eigenvalue weighted by Gasteiger charge is 2.19. The number of fused-ring (bicyclic) bond motifs is 1. The summed E-state index contributed by atoms with van der Waals surface area (Å²) in [6, 6.07) is 14.4. The number of benzene rings is 2. The topological polar surface area (TPSA) is 74.3 Å². The highest BCUT2D eigenvalue weighted by molar-refractivity contribution is 5.92. The summed E-state index contributed by atoms with van der Waals surface area (Å²) in [5.74, 6) is 0.217. The Morgan fingerprint density at radius 3 is 2.54 bits per heavy atom. The average molecular weight is 385 g/mol. The maximum absolute atomic E-state index is 12.6. The molecule has 2 aromatic carbocycles. The number of ether oxygens (including phenoxy) is 4. The van der Waals surface area contributed by atoms with Crippen LogP contribution in [0.2, 0.25) is 0 Å². The van der Waals surface area contributed by atoms with E-state index in [2.05, 4.69) is 0 Å². The van der Waals surface area contributed by atoms with E-state index in [4.69, 9.17) is 18.9 Å². The zero-order valence-electron chi connectivity index (χ0n) is 15.8. The lowest BCUT2D eigenvalue weighted by molar-refractivity contribution is -0.135. The number of hydrogen-bond acceptors (Lipinski definition) is 6. The summed E-state index contributed by atoms with van der Waals surface area (Å²) in [6.45, 7) is 1.79. The molecule has 0 saturated carbocycles. The number of carbonyl (C=O) groups is 2. The predicted octanol–water partition coefficient (Wildman–Crippen LogP) is 2.29. The van der Waals surface area contributed by atoms with E-state index in [1.54, 1.807) is 30.2 Å². The third-order valence-electron chi connectivity index (χ3n) is 4.24. The highest BCUT2D eigenvalue weighted by atomic mass is 16.6. The molecule has 7 nitrogen and oxygen atoms in total. The van der Waals surface area contributed by atoms with Crippen LogP contribution in [-0.4, -0.2) is 56.9 Å². The molecular formula is C21H23NO6. The minimum absolute atomic E-state index is 0.285. The molecule has 0 spiro atoms. The Balaban J connectivity index is 1.59. The lowest BCUT2D eigenvalue weighted by atomic mass is 10.2. The quantitative estimate of drug-likeness (QED) is 0.649. The van der Waals surface area contributed by atoms with Crippen LogP contribution in [0.5, 0.6) is 11.5 Å². The van der Waals surface area contributed by atoms with Crippen molar-refractivity contribution in [3.05, 3.63) is 59.7 Å². The molecule has 0 saturated heterocycles. The average Bonchev–Trinajstić information content (AvgIpc) is 2.75. The van der Waals surface area contributed by atoms with Gasteiger partial charge in [-0.2, -0.15) is 0 Å². The van der Waals surface area contributed by atoms with Crippen LogP contribution in [0.25, 0.3) is 0 Å². The first kappa shape index (κ1) is 19.7. The minimum atomic E-state index is -0.586. The molecule has 3 rings (SSSR count). The fourth-order valence-corrected chi connectivity index (χ4v) is 2.77. The molecule has 148 valence electrons. The smallest absolute Gasteiger partial charge is 0.338 e. The standard InChI is InChI=1S/C21H23NO6/c1-25-10-9-22(14-16-5-3-2-4-6-16)20(23)15-28-21(24)17-7-8-18-19(13-17)27-12-11-26-18/h2-8,13H,9-12,14-15H2,1H3. The number of esters is 1. The summed E-state index contributed by atoms with van der Waals surface area (Å²) in [5.41, 5.74) is 1.30. The third-order valence-corrected chi connectivity index (χ3v) is 4.24. The summed E-state index contributed by atoms with van der Waals surface area (Å²) in [7, 11) is 1.58. The van der Waals surface area contributed by atoms with Gasteiger partial charge >= 0.3 is 5.97 Å². The van der Waals surface area contributed by atoms with Crippen molar-refractivity contribution < 1.29 is 28.5 Å². The van der Waals surface area contributed by atoms with Crippen LogP contribution in [-0.2, 0) is 20.8 Å². The van der Waals surface area contributed by atoms with Gasteiger partial charge in [-0.3, -0.25) is 4.79 Å². The fourth-order valence-electron chi connectivity index (χ4n) is 2.77. The zero-order valence-corrected chi connectivity index (χ0v) is 15.8. The van der Waals surface area contributed by atoms with E-state index >= 15 is 0 Å². The van der Waals surface area contributed by atoms with E-state index in [0.29, 0.717) is 50.0 Å². The molecule has 0 unspecified atom stereocenters. The molecule has 0 atom stereocenters.